The lowest BCUT2D eigenvalue weighted by Crippen LogP contribution is -2.43. The van der Waals surface area contributed by atoms with Crippen molar-refractivity contribution in [2.24, 2.45) is 5.92 Å². The predicted molar refractivity (Wildman–Crippen MR) is 65.9 cm³/mol. The summed E-state index contributed by atoms with van der Waals surface area (Å²) < 4.78 is 0. The first-order chi connectivity index (χ1) is 8.70. The van der Waals surface area contributed by atoms with E-state index in [-0.39, 0.29) is 17.9 Å². The Bertz CT molecular complexity index is 541. The van der Waals surface area contributed by atoms with Crippen LogP contribution in [0.15, 0.2) is 18.2 Å². The van der Waals surface area contributed by atoms with Crippen LogP contribution in [0.3, 0.4) is 0 Å². The maximum Gasteiger partial charge on any atom is 0.230 e. The third-order valence-electron chi connectivity index (χ3n) is 3.88. The second kappa shape index (κ2) is 4.11. The molecule has 1 N–H and O–H groups in total. The average Bonchev–Trinajstić information content (AvgIpc) is 2.77. The number of hydrogen-bond donors (Lipinski definition) is 1. The van der Waals surface area contributed by atoms with Gasteiger partial charge in [-0.15, -0.1) is 0 Å². The normalized spacial score (nSPS) is 25.2. The lowest BCUT2D eigenvalue weighted by atomic mass is 9.81. The number of aliphatic hydroxyl groups is 1. The molecule has 1 aliphatic carbocycles. The van der Waals surface area contributed by atoms with Crippen molar-refractivity contribution in [3.63, 3.8) is 0 Å². The zero-order valence-electron chi connectivity index (χ0n) is 9.97. The SMILES string of the molecule is N#Cc1cccc2c1CCN2C(=O)C1CC(O)C1. The molecule has 1 fully saturated rings. The predicted octanol–water partition coefficient (Wildman–Crippen LogP) is 1.22. The molecule has 4 heteroatoms. The number of aliphatic hydroxyl groups excluding tert-OH is 1. The van der Waals surface area contributed by atoms with Crippen LogP contribution in [0, 0.1) is 17.2 Å². The first kappa shape index (κ1) is 11.2. The van der Waals surface area contributed by atoms with Gasteiger partial charge in [-0.1, -0.05) is 6.07 Å². The number of nitrogens with zero attached hydrogens (tertiary/aromatic N) is 2. The summed E-state index contributed by atoms with van der Waals surface area (Å²) in [4.78, 5) is 14.0. The van der Waals surface area contributed by atoms with Gasteiger partial charge in [-0.3, -0.25) is 4.79 Å². The Morgan fingerprint density at radius 3 is 2.89 bits per heavy atom. The summed E-state index contributed by atoms with van der Waals surface area (Å²) in [5.74, 6) is 0.0471. The van der Waals surface area contributed by atoms with Crippen LogP contribution in [0.1, 0.15) is 24.0 Å². The van der Waals surface area contributed by atoms with E-state index < -0.39 is 0 Å². The van der Waals surface area contributed by atoms with Crippen LogP contribution in [-0.2, 0) is 11.2 Å². The number of carbonyl (C=O) groups excluding carboxylic acids is 1. The Hall–Kier alpha value is -1.86. The molecule has 92 valence electrons. The van der Waals surface area contributed by atoms with Crippen LogP contribution in [0.5, 0.6) is 0 Å². The van der Waals surface area contributed by atoms with Crippen molar-refractivity contribution < 1.29 is 9.90 Å². The Kier molecular flexibility index (Phi) is 2.57. The highest BCUT2D eigenvalue weighted by Crippen LogP contribution is 2.35. The standard InChI is InChI=1S/C14H14N2O2/c15-8-9-2-1-3-13-12(9)4-5-16(13)14(18)10-6-11(17)7-10/h1-3,10-11,17H,4-7H2. The fourth-order valence-corrected chi connectivity index (χ4v) is 2.78. The van der Waals surface area contributed by atoms with Crippen molar-refractivity contribution in [2.75, 3.05) is 11.4 Å². The lowest BCUT2D eigenvalue weighted by molar-refractivity contribution is -0.128. The smallest absolute Gasteiger partial charge is 0.230 e. The molecule has 1 heterocycles. The van der Waals surface area contributed by atoms with Gasteiger partial charge in [0.25, 0.3) is 0 Å². The van der Waals surface area contributed by atoms with E-state index in [0.29, 0.717) is 24.9 Å². The third kappa shape index (κ3) is 1.59. The fraction of sp³-hybridized carbons (Fsp3) is 0.429. The Labute approximate surface area is 105 Å². The summed E-state index contributed by atoms with van der Waals surface area (Å²) in [7, 11) is 0. The van der Waals surface area contributed by atoms with Gasteiger partial charge >= 0.3 is 0 Å². The molecule has 0 aromatic heterocycles. The molecule has 3 rings (SSSR count). The summed E-state index contributed by atoms with van der Waals surface area (Å²) in [6.45, 7) is 0.652. The van der Waals surface area contributed by atoms with Crippen LogP contribution in [-0.4, -0.2) is 23.7 Å². The van der Waals surface area contributed by atoms with Crippen molar-refractivity contribution in [1.82, 2.24) is 0 Å². The molecule has 4 nitrogen and oxygen atoms in total. The molecule has 18 heavy (non-hydrogen) atoms. The van der Waals surface area contributed by atoms with Gasteiger partial charge in [-0.2, -0.15) is 5.26 Å². The quantitative estimate of drug-likeness (QED) is 0.805. The summed E-state index contributed by atoms with van der Waals surface area (Å²) in [6, 6.07) is 7.68. The van der Waals surface area contributed by atoms with Crippen molar-refractivity contribution in [2.45, 2.75) is 25.4 Å². The van der Waals surface area contributed by atoms with Gasteiger partial charge in [-0.25, -0.2) is 0 Å². The maximum absolute atomic E-state index is 12.3. The molecule has 0 atom stereocenters. The Morgan fingerprint density at radius 2 is 2.22 bits per heavy atom. The zero-order valence-corrected chi connectivity index (χ0v) is 9.97. The van der Waals surface area contributed by atoms with Crippen LogP contribution < -0.4 is 4.90 Å². The van der Waals surface area contributed by atoms with E-state index in [1.165, 1.54) is 0 Å². The average molecular weight is 242 g/mol. The molecule has 0 spiro atoms. The molecule has 0 radical (unpaired) electrons. The summed E-state index contributed by atoms with van der Waals surface area (Å²) in [5.41, 5.74) is 2.52. The summed E-state index contributed by atoms with van der Waals surface area (Å²) >= 11 is 0. The number of anilines is 1. The monoisotopic (exact) mass is 242 g/mol. The van der Waals surface area contributed by atoms with E-state index in [4.69, 9.17) is 5.26 Å². The minimum Gasteiger partial charge on any atom is -0.393 e. The van der Waals surface area contributed by atoms with Gasteiger partial charge in [0.05, 0.1) is 17.7 Å². The molecule has 1 amide bonds. The number of fused-ring (bicyclic) bond motifs is 1. The van der Waals surface area contributed by atoms with Crippen molar-refractivity contribution in [1.29, 1.82) is 5.26 Å². The highest BCUT2D eigenvalue weighted by atomic mass is 16.3. The van der Waals surface area contributed by atoms with Gasteiger partial charge in [-0.05, 0) is 37.0 Å². The largest absolute Gasteiger partial charge is 0.393 e. The van der Waals surface area contributed by atoms with E-state index in [2.05, 4.69) is 6.07 Å². The van der Waals surface area contributed by atoms with Crippen LogP contribution in [0.2, 0.25) is 0 Å². The van der Waals surface area contributed by atoms with E-state index in [0.717, 1.165) is 17.7 Å². The first-order valence-corrected chi connectivity index (χ1v) is 6.22. The maximum atomic E-state index is 12.3. The highest BCUT2D eigenvalue weighted by Gasteiger charge is 2.38. The molecular weight excluding hydrogens is 228 g/mol. The van der Waals surface area contributed by atoms with Gasteiger partial charge in [0.1, 0.15) is 0 Å². The molecule has 2 aliphatic rings. The van der Waals surface area contributed by atoms with Crippen LogP contribution >= 0.6 is 0 Å². The number of hydrogen-bond acceptors (Lipinski definition) is 3. The molecule has 1 saturated carbocycles. The molecular formula is C14H14N2O2. The van der Waals surface area contributed by atoms with E-state index in [9.17, 15) is 9.90 Å². The zero-order chi connectivity index (χ0) is 12.7. The molecule has 1 aromatic rings. The van der Waals surface area contributed by atoms with Gasteiger partial charge < -0.3 is 10.0 Å². The number of benzene rings is 1. The lowest BCUT2D eigenvalue weighted by Gasteiger charge is -2.33. The highest BCUT2D eigenvalue weighted by molar-refractivity contribution is 5.97. The summed E-state index contributed by atoms with van der Waals surface area (Å²) in [6.07, 6.45) is 1.58. The Balaban J connectivity index is 1.87. The van der Waals surface area contributed by atoms with Gasteiger partial charge in [0, 0.05) is 18.2 Å². The second-order valence-corrected chi connectivity index (χ2v) is 4.98. The van der Waals surface area contributed by atoms with Crippen molar-refractivity contribution in [3.05, 3.63) is 29.3 Å². The van der Waals surface area contributed by atoms with E-state index >= 15 is 0 Å². The fourth-order valence-electron chi connectivity index (χ4n) is 2.78. The minimum atomic E-state index is -0.313. The van der Waals surface area contributed by atoms with Crippen LogP contribution in [0.4, 0.5) is 5.69 Å². The molecule has 0 unspecified atom stereocenters. The number of rotatable bonds is 1. The Morgan fingerprint density at radius 1 is 1.44 bits per heavy atom. The van der Waals surface area contributed by atoms with Crippen molar-refractivity contribution >= 4 is 11.6 Å². The molecule has 0 bridgehead atoms. The van der Waals surface area contributed by atoms with Gasteiger partial charge in [0.15, 0.2) is 0 Å². The molecule has 1 aliphatic heterocycles. The molecule has 1 aromatic carbocycles. The molecule has 0 saturated heterocycles. The van der Waals surface area contributed by atoms with E-state index in [1.807, 2.05) is 12.1 Å². The number of amides is 1. The van der Waals surface area contributed by atoms with Crippen LogP contribution in [0.25, 0.3) is 0 Å². The van der Waals surface area contributed by atoms with Crippen molar-refractivity contribution in [3.8, 4) is 6.07 Å². The first-order valence-electron chi connectivity index (χ1n) is 6.22. The van der Waals surface area contributed by atoms with E-state index in [1.54, 1.807) is 11.0 Å². The topological polar surface area (TPSA) is 64.3 Å². The number of nitriles is 1. The number of carbonyl (C=O) groups is 1. The minimum absolute atomic E-state index is 0.0447. The second-order valence-electron chi connectivity index (χ2n) is 4.98. The summed E-state index contributed by atoms with van der Waals surface area (Å²) in [5, 5.41) is 18.3. The van der Waals surface area contributed by atoms with Gasteiger partial charge in [0.2, 0.25) is 5.91 Å². The third-order valence-corrected chi connectivity index (χ3v) is 3.88.